The van der Waals surface area contributed by atoms with Crippen molar-refractivity contribution >= 4 is 23.6 Å². The molecule has 0 aromatic heterocycles. The monoisotopic (exact) mass is 256 g/mol. The van der Waals surface area contributed by atoms with E-state index < -0.39 is 5.97 Å². The number of methoxy groups -OCH3 is 1. The Balaban J connectivity index is 3.12. The van der Waals surface area contributed by atoms with Crippen LogP contribution in [0.3, 0.4) is 0 Å². The lowest BCUT2D eigenvalue weighted by atomic mass is 10.2. The van der Waals surface area contributed by atoms with Crippen molar-refractivity contribution < 1.29 is 19.4 Å². The van der Waals surface area contributed by atoms with Crippen molar-refractivity contribution in [3.63, 3.8) is 0 Å². The van der Waals surface area contributed by atoms with E-state index in [1.165, 1.54) is 13.2 Å². The molecule has 0 saturated heterocycles. The van der Waals surface area contributed by atoms with Gasteiger partial charge >= 0.3 is 5.97 Å². The summed E-state index contributed by atoms with van der Waals surface area (Å²) in [4.78, 5) is 10.4. The van der Waals surface area contributed by atoms with Gasteiger partial charge in [0.15, 0.2) is 11.5 Å². The summed E-state index contributed by atoms with van der Waals surface area (Å²) in [6, 6.07) is 3.28. The quantitative estimate of drug-likeness (QED) is 0.823. The molecule has 0 bridgehead atoms. The minimum absolute atomic E-state index is 0.385. The predicted octanol–water partition coefficient (Wildman–Crippen LogP) is 2.85. The molecule has 0 aliphatic carbocycles. The Morgan fingerprint density at radius 1 is 1.53 bits per heavy atom. The lowest BCUT2D eigenvalue weighted by molar-refractivity contribution is -0.131. The molecule has 0 aliphatic heterocycles. The van der Waals surface area contributed by atoms with Gasteiger partial charge in [0.2, 0.25) is 0 Å². The zero-order valence-electron chi connectivity index (χ0n) is 9.57. The van der Waals surface area contributed by atoms with Crippen LogP contribution in [0.5, 0.6) is 11.5 Å². The third kappa shape index (κ3) is 3.67. The number of aliphatic carboxylic acids is 1. The maximum absolute atomic E-state index is 10.4. The van der Waals surface area contributed by atoms with Crippen molar-refractivity contribution in [2.75, 3.05) is 13.7 Å². The first-order valence-corrected chi connectivity index (χ1v) is 5.37. The first-order valence-electron chi connectivity index (χ1n) is 4.99. The van der Waals surface area contributed by atoms with Crippen molar-refractivity contribution in [1.29, 1.82) is 0 Å². The van der Waals surface area contributed by atoms with Gasteiger partial charge in [0.05, 0.1) is 18.7 Å². The van der Waals surface area contributed by atoms with Crippen LogP contribution in [0.4, 0.5) is 0 Å². The molecule has 1 aromatic rings. The molecular weight excluding hydrogens is 244 g/mol. The fourth-order valence-corrected chi connectivity index (χ4v) is 1.56. The van der Waals surface area contributed by atoms with Crippen molar-refractivity contribution in [2.24, 2.45) is 0 Å². The third-order valence-electron chi connectivity index (χ3n) is 1.96. The van der Waals surface area contributed by atoms with E-state index in [1.807, 2.05) is 6.92 Å². The molecule has 92 valence electrons. The largest absolute Gasteiger partial charge is 0.493 e. The topological polar surface area (TPSA) is 55.8 Å². The van der Waals surface area contributed by atoms with Crippen molar-refractivity contribution in [3.05, 3.63) is 28.8 Å². The van der Waals surface area contributed by atoms with Gasteiger partial charge in [0, 0.05) is 6.08 Å². The summed E-state index contributed by atoms with van der Waals surface area (Å²) in [5.74, 6) is -0.0810. The molecule has 0 atom stereocenters. The SMILES string of the molecule is CCOc1c(Cl)cc(/C=C\C(=O)O)cc1OC. The second-order valence-electron chi connectivity index (χ2n) is 3.14. The van der Waals surface area contributed by atoms with Crippen LogP contribution >= 0.6 is 11.6 Å². The summed E-state index contributed by atoms with van der Waals surface area (Å²) in [6.07, 6.45) is 2.47. The highest BCUT2D eigenvalue weighted by atomic mass is 35.5. The Bertz CT molecular complexity index is 440. The van der Waals surface area contributed by atoms with Gasteiger partial charge in [0.1, 0.15) is 0 Å². The Hall–Kier alpha value is -1.68. The van der Waals surface area contributed by atoms with Crippen LogP contribution < -0.4 is 9.47 Å². The highest BCUT2D eigenvalue weighted by molar-refractivity contribution is 6.32. The first-order chi connectivity index (χ1) is 8.08. The number of ether oxygens (including phenoxy) is 2. The average Bonchev–Trinajstić information content (AvgIpc) is 2.29. The first kappa shape index (κ1) is 13.4. The van der Waals surface area contributed by atoms with E-state index in [1.54, 1.807) is 12.1 Å². The van der Waals surface area contributed by atoms with Crippen LogP contribution in [0.1, 0.15) is 12.5 Å². The lowest BCUT2D eigenvalue weighted by Gasteiger charge is -2.11. The fourth-order valence-electron chi connectivity index (χ4n) is 1.29. The van der Waals surface area contributed by atoms with Crippen LogP contribution in [-0.2, 0) is 4.79 Å². The normalized spacial score (nSPS) is 10.5. The van der Waals surface area contributed by atoms with Crippen LogP contribution in [0.2, 0.25) is 5.02 Å². The van der Waals surface area contributed by atoms with E-state index in [2.05, 4.69) is 0 Å². The summed E-state index contributed by atoms with van der Waals surface area (Å²) in [7, 11) is 1.50. The number of carboxylic acids is 1. The summed E-state index contributed by atoms with van der Waals surface area (Å²) < 4.78 is 10.5. The standard InChI is InChI=1S/C12H13ClO4/c1-3-17-12-9(13)6-8(4-5-11(14)15)7-10(12)16-2/h4-7H,3H2,1-2H3,(H,14,15)/b5-4-. The Morgan fingerprint density at radius 3 is 2.76 bits per heavy atom. The second kappa shape index (κ2) is 6.15. The number of hydrogen-bond donors (Lipinski definition) is 1. The summed E-state index contributed by atoms with van der Waals surface area (Å²) in [6.45, 7) is 2.31. The van der Waals surface area contributed by atoms with E-state index >= 15 is 0 Å². The molecule has 4 nitrogen and oxygen atoms in total. The molecule has 5 heteroatoms. The minimum Gasteiger partial charge on any atom is -0.493 e. The van der Waals surface area contributed by atoms with Gasteiger partial charge in [-0.3, -0.25) is 0 Å². The second-order valence-corrected chi connectivity index (χ2v) is 3.55. The molecule has 0 unspecified atom stereocenters. The van der Waals surface area contributed by atoms with Crippen molar-refractivity contribution in [1.82, 2.24) is 0 Å². The number of hydrogen-bond acceptors (Lipinski definition) is 3. The molecule has 1 aromatic carbocycles. The lowest BCUT2D eigenvalue weighted by Crippen LogP contribution is -1.96. The number of benzene rings is 1. The smallest absolute Gasteiger partial charge is 0.328 e. The molecule has 0 radical (unpaired) electrons. The summed E-state index contributed by atoms with van der Waals surface area (Å²) in [5, 5.41) is 8.92. The van der Waals surface area contributed by atoms with Gasteiger partial charge in [0.25, 0.3) is 0 Å². The van der Waals surface area contributed by atoms with Crippen LogP contribution in [0.25, 0.3) is 6.08 Å². The van der Waals surface area contributed by atoms with Gasteiger partial charge in [-0.15, -0.1) is 0 Å². The van der Waals surface area contributed by atoms with E-state index in [0.29, 0.717) is 28.7 Å². The van der Waals surface area contributed by atoms with Crippen LogP contribution in [-0.4, -0.2) is 24.8 Å². The molecule has 1 rings (SSSR count). The van der Waals surface area contributed by atoms with Crippen molar-refractivity contribution in [2.45, 2.75) is 6.92 Å². The molecule has 0 fully saturated rings. The number of carbonyl (C=O) groups is 1. The number of rotatable bonds is 5. The number of carboxylic acid groups (broad SMARTS) is 1. The molecule has 0 heterocycles. The van der Waals surface area contributed by atoms with Gasteiger partial charge < -0.3 is 14.6 Å². The van der Waals surface area contributed by atoms with Gasteiger partial charge in [-0.25, -0.2) is 4.79 Å². The van der Waals surface area contributed by atoms with E-state index in [0.717, 1.165) is 6.08 Å². The number of halogens is 1. The maximum Gasteiger partial charge on any atom is 0.328 e. The van der Waals surface area contributed by atoms with Crippen LogP contribution in [0.15, 0.2) is 18.2 Å². The van der Waals surface area contributed by atoms with Gasteiger partial charge in [-0.1, -0.05) is 11.6 Å². The average molecular weight is 257 g/mol. The zero-order chi connectivity index (χ0) is 12.8. The Morgan fingerprint density at radius 2 is 2.24 bits per heavy atom. The Kier molecular flexibility index (Phi) is 4.84. The fraction of sp³-hybridized carbons (Fsp3) is 0.250. The maximum atomic E-state index is 10.4. The minimum atomic E-state index is -1.02. The molecule has 0 aliphatic rings. The van der Waals surface area contributed by atoms with E-state index in [4.69, 9.17) is 26.2 Å². The third-order valence-corrected chi connectivity index (χ3v) is 2.24. The van der Waals surface area contributed by atoms with Gasteiger partial charge in [-0.2, -0.15) is 0 Å². The molecule has 0 spiro atoms. The Labute approximate surface area is 104 Å². The molecule has 0 amide bonds. The van der Waals surface area contributed by atoms with Gasteiger partial charge in [-0.05, 0) is 30.7 Å². The molecule has 0 saturated carbocycles. The van der Waals surface area contributed by atoms with Crippen LogP contribution in [0, 0.1) is 0 Å². The van der Waals surface area contributed by atoms with Crippen molar-refractivity contribution in [3.8, 4) is 11.5 Å². The highest BCUT2D eigenvalue weighted by Gasteiger charge is 2.10. The van der Waals surface area contributed by atoms with E-state index in [-0.39, 0.29) is 0 Å². The highest BCUT2D eigenvalue weighted by Crippen LogP contribution is 2.36. The molecular formula is C12H13ClO4. The summed E-state index contributed by atoms with van der Waals surface area (Å²) >= 11 is 6.02. The molecule has 1 N–H and O–H groups in total. The van der Waals surface area contributed by atoms with E-state index in [9.17, 15) is 4.79 Å². The molecule has 17 heavy (non-hydrogen) atoms. The zero-order valence-corrected chi connectivity index (χ0v) is 10.3. The summed E-state index contributed by atoms with van der Waals surface area (Å²) in [5.41, 5.74) is 0.637. The predicted molar refractivity (Wildman–Crippen MR) is 65.8 cm³/mol.